The molecule has 0 bridgehead atoms. The third-order valence-electron chi connectivity index (χ3n) is 4.11. The molecule has 2 aliphatic rings. The van der Waals surface area contributed by atoms with Crippen LogP contribution in [0.5, 0.6) is 0 Å². The second kappa shape index (κ2) is 4.77. The lowest BCUT2D eigenvalue weighted by Crippen LogP contribution is -2.39. The first-order chi connectivity index (χ1) is 8.36. The fourth-order valence-corrected chi connectivity index (χ4v) is 3.09. The molecule has 3 N–H and O–H groups in total. The maximum absolute atomic E-state index is 10.5. The predicted octanol–water partition coefficient (Wildman–Crippen LogP) is 1.19. The molecule has 0 aliphatic carbocycles. The smallest absolute Gasteiger partial charge is 0.0764 e. The minimum atomic E-state index is -0.249. The van der Waals surface area contributed by atoms with E-state index in [0.29, 0.717) is 5.92 Å². The van der Waals surface area contributed by atoms with Gasteiger partial charge in [0.1, 0.15) is 0 Å². The first-order valence-electron chi connectivity index (χ1n) is 6.56. The Hall–Kier alpha value is -0.900. The molecule has 0 saturated carbocycles. The zero-order valence-electron chi connectivity index (χ0n) is 10.0. The summed E-state index contributed by atoms with van der Waals surface area (Å²) in [5.41, 5.74) is 2.63. The molecule has 2 aliphatic heterocycles. The standard InChI is InChI=1S/C14H20N2O/c17-14(10-5-7-15-8-6-10)13-12-4-2-1-3-11(12)9-16-13/h1-4,10,13-17H,5-9H2. The summed E-state index contributed by atoms with van der Waals surface area (Å²) in [6.07, 6.45) is 1.92. The van der Waals surface area contributed by atoms with Crippen molar-refractivity contribution in [2.24, 2.45) is 5.92 Å². The fourth-order valence-electron chi connectivity index (χ4n) is 3.09. The average molecular weight is 232 g/mol. The Morgan fingerprint density at radius 2 is 1.94 bits per heavy atom. The summed E-state index contributed by atoms with van der Waals surface area (Å²) in [5.74, 6) is 0.430. The minimum absolute atomic E-state index is 0.134. The highest BCUT2D eigenvalue weighted by molar-refractivity contribution is 5.34. The van der Waals surface area contributed by atoms with Crippen LogP contribution in [0.3, 0.4) is 0 Å². The van der Waals surface area contributed by atoms with Gasteiger partial charge in [0.05, 0.1) is 12.1 Å². The van der Waals surface area contributed by atoms with Gasteiger partial charge < -0.3 is 15.7 Å². The largest absolute Gasteiger partial charge is 0.391 e. The Morgan fingerprint density at radius 3 is 2.76 bits per heavy atom. The molecule has 17 heavy (non-hydrogen) atoms. The monoisotopic (exact) mass is 232 g/mol. The molecule has 0 spiro atoms. The molecule has 1 aromatic rings. The van der Waals surface area contributed by atoms with Crippen molar-refractivity contribution in [3.8, 4) is 0 Å². The SMILES string of the molecule is OC(C1CCNCC1)C1NCc2ccccc21. The van der Waals surface area contributed by atoms with Crippen LogP contribution in [0.2, 0.25) is 0 Å². The molecule has 92 valence electrons. The van der Waals surface area contributed by atoms with Gasteiger partial charge in [-0.05, 0) is 43.0 Å². The molecule has 3 heteroatoms. The highest BCUT2D eigenvalue weighted by Crippen LogP contribution is 2.32. The number of rotatable bonds is 2. The Morgan fingerprint density at radius 1 is 1.18 bits per heavy atom. The van der Waals surface area contributed by atoms with Crippen LogP contribution in [-0.2, 0) is 6.54 Å². The third kappa shape index (κ3) is 2.10. The van der Waals surface area contributed by atoms with Gasteiger partial charge in [0.25, 0.3) is 0 Å². The van der Waals surface area contributed by atoms with Gasteiger partial charge >= 0.3 is 0 Å². The lowest BCUT2D eigenvalue weighted by atomic mass is 9.86. The second-order valence-corrected chi connectivity index (χ2v) is 5.14. The minimum Gasteiger partial charge on any atom is -0.391 e. The van der Waals surface area contributed by atoms with Crippen LogP contribution in [0, 0.1) is 5.92 Å². The molecular formula is C14H20N2O. The number of aliphatic hydroxyl groups is 1. The van der Waals surface area contributed by atoms with Crippen molar-refractivity contribution in [2.75, 3.05) is 13.1 Å². The van der Waals surface area contributed by atoms with Crippen LogP contribution in [-0.4, -0.2) is 24.3 Å². The van der Waals surface area contributed by atoms with E-state index < -0.39 is 0 Å². The topological polar surface area (TPSA) is 44.3 Å². The highest BCUT2D eigenvalue weighted by Gasteiger charge is 2.33. The van der Waals surface area contributed by atoms with Crippen LogP contribution >= 0.6 is 0 Å². The van der Waals surface area contributed by atoms with Gasteiger partial charge in [-0.15, -0.1) is 0 Å². The molecule has 1 fully saturated rings. The van der Waals surface area contributed by atoms with E-state index in [4.69, 9.17) is 0 Å². The number of hydrogen-bond donors (Lipinski definition) is 3. The Labute approximate surface area is 102 Å². The first-order valence-corrected chi connectivity index (χ1v) is 6.56. The van der Waals surface area contributed by atoms with Crippen LogP contribution in [0.25, 0.3) is 0 Å². The predicted molar refractivity (Wildman–Crippen MR) is 67.6 cm³/mol. The molecule has 3 rings (SSSR count). The van der Waals surface area contributed by atoms with E-state index in [1.807, 2.05) is 0 Å². The van der Waals surface area contributed by atoms with Crippen molar-refractivity contribution in [3.05, 3.63) is 35.4 Å². The van der Waals surface area contributed by atoms with E-state index in [2.05, 4.69) is 34.9 Å². The van der Waals surface area contributed by atoms with Crippen molar-refractivity contribution in [1.29, 1.82) is 0 Å². The highest BCUT2D eigenvalue weighted by atomic mass is 16.3. The lowest BCUT2D eigenvalue weighted by molar-refractivity contribution is 0.0562. The number of aliphatic hydroxyl groups excluding tert-OH is 1. The Kier molecular flexibility index (Phi) is 3.14. The van der Waals surface area contributed by atoms with Crippen molar-refractivity contribution >= 4 is 0 Å². The molecule has 2 atom stereocenters. The van der Waals surface area contributed by atoms with Gasteiger partial charge in [-0.3, -0.25) is 0 Å². The molecule has 2 heterocycles. The van der Waals surface area contributed by atoms with Crippen LogP contribution < -0.4 is 10.6 Å². The third-order valence-corrected chi connectivity index (χ3v) is 4.11. The first kappa shape index (κ1) is 11.2. The van der Waals surface area contributed by atoms with Gasteiger partial charge in [0.15, 0.2) is 0 Å². The number of piperidine rings is 1. The van der Waals surface area contributed by atoms with E-state index in [0.717, 1.165) is 32.5 Å². The zero-order valence-corrected chi connectivity index (χ0v) is 10.0. The van der Waals surface area contributed by atoms with Crippen molar-refractivity contribution < 1.29 is 5.11 Å². The average Bonchev–Trinajstić information content (AvgIpc) is 2.83. The summed E-state index contributed by atoms with van der Waals surface area (Å²) in [7, 11) is 0. The summed E-state index contributed by atoms with van der Waals surface area (Å²) < 4.78 is 0. The zero-order chi connectivity index (χ0) is 11.7. The summed E-state index contributed by atoms with van der Waals surface area (Å²) in [6.45, 7) is 2.97. The van der Waals surface area contributed by atoms with Gasteiger partial charge in [-0.1, -0.05) is 24.3 Å². The molecule has 1 saturated heterocycles. The molecule has 1 aromatic carbocycles. The molecular weight excluding hydrogens is 212 g/mol. The van der Waals surface area contributed by atoms with Gasteiger partial charge in [0.2, 0.25) is 0 Å². The molecule has 0 amide bonds. The summed E-state index contributed by atoms with van der Waals surface area (Å²) in [4.78, 5) is 0. The number of hydrogen-bond acceptors (Lipinski definition) is 3. The van der Waals surface area contributed by atoms with E-state index in [1.54, 1.807) is 0 Å². The molecule has 2 unspecified atom stereocenters. The maximum Gasteiger partial charge on any atom is 0.0764 e. The van der Waals surface area contributed by atoms with Crippen LogP contribution in [0.4, 0.5) is 0 Å². The quantitative estimate of drug-likeness (QED) is 0.717. The Balaban J connectivity index is 1.76. The summed E-state index contributed by atoms with van der Waals surface area (Å²) >= 11 is 0. The fraction of sp³-hybridized carbons (Fsp3) is 0.571. The maximum atomic E-state index is 10.5. The number of fused-ring (bicyclic) bond motifs is 1. The Bertz CT molecular complexity index is 388. The van der Waals surface area contributed by atoms with E-state index in [9.17, 15) is 5.11 Å². The van der Waals surface area contributed by atoms with E-state index in [-0.39, 0.29) is 12.1 Å². The van der Waals surface area contributed by atoms with Crippen LogP contribution in [0.1, 0.15) is 30.0 Å². The summed E-state index contributed by atoms with van der Waals surface area (Å²) in [6, 6.07) is 8.56. The molecule has 0 radical (unpaired) electrons. The van der Waals surface area contributed by atoms with Crippen molar-refractivity contribution in [3.63, 3.8) is 0 Å². The lowest BCUT2D eigenvalue weighted by Gasteiger charge is -2.31. The molecule has 3 nitrogen and oxygen atoms in total. The van der Waals surface area contributed by atoms with E-state index in [1.165, 1.54) is 11.1 Å². The summed E-state index contributed by atoms with van der Waals surface area (Å²) in [5, 5.41) is 17.3. The van der Waals surface area contributed by atoms with E-state index >= 15 is 0 Å². The number of benzene rings is 1. The van der Waals surface area contributed by atoms with Gasteiger partial charge in [-0.25, -0.2) is 0 Å². The molecule has 0 aromatic heterocycles. The van der Waals surface area contributed by atoms with Crippen LogP contribution in [0.15, 0.2) is 24.3 Å². The van der Waals surface area contributed by atoms with Gasteiger partial charge in [0, 0.05) is 6.54 Å². The number of nitrogens with one attached hydrogen (secondary N) is 2. The van der Waals surface area contributed by atoms with Gasteiger partial charge in [-0.2, -0.15) is 0 Å². The second-order valence-electron chi connectivity index (χ2n) is 5.14. The normalized spacial score (nSPS) is 26.8. The van der Waals surface area contributed by atoms with Crippen molar-refractivity contribution in [2.45, 2.75) is 31.5 Å². The van der Waals surface area contributed by atoms with Crippen molar-refractivity contribution in [1.82, 2.24) is 10.6 Å².